The van der Waals surface area contributed by atoms with Gasteiger partial charge in [-0.1, -0.05) is 0 Å². The molecule has 1 saturated heterocycles. The van der Waals surface area contributed by atoms with E-state index in [-0.39, 0.29) is 18.2 Å². The molecule has 1 atom stereocenters. The zero-order chi connectivity index (χ0) is 14.3. The Morgan fingerprint density at radius 3 is 2.80 bits per heavy atom. The molecule has 1 aromatic carbocycles. The van der Waals surface area contributed by atoms with Gasteiger partial charge in [0, 0.05) is 18.5 Å². The van der Waals surface area contributed by atoms with Crippen LogP contribution in [0.5, 0.6) is 0 Å². The molecular weight excluding hydrogens is 258 g/mol. The summed E-state index contributed by atoms with van der Waals surface area (Å²) in [7, 11) is 0. The number of imide groups is 1. The van der Waals surface area contributed by atoms with Crippen molar-refractivity contribution in [2.45, 2.75) is 25.4 Å². The van der Waals surface area contributed by atoms with Crippen molar-refractivity contribution in [1.82, 2.24) is 10.2 Å². The molecule has 2 aliphatic heterocycles. The summed E-state index contributed by atoms with van der Waals surface area (Å²) in [6.45, 7) is 0.302. The van der Waals surface area contributed by atoms with Crippen LogP contribution in [0.2, 0.25) is 0 Å². The summed E-state index contributed by atoms with van der Waals surface area (Å²) in [6.07, 6.45) is 0.579. The molecule has 20 heavy (non-hydrogen) atoms. The lowest BCUT2D eigenvalue weighted by molar-refractivity contribution is -0.136. The maximum Gasteiger partial charge on any atom is 0.255 e. The van der Waals surface area contributed by atoms with Gasteiger partial charge in [0.1, 0.15) is 6.04 Å². The largest absolute Gasteiger partial charge is 0.322 e. The van der Waals surface area contributed by atoms with Crippen molar-refractivity contribution in [2.24, 2.45) is 0 Å². The second-order valence-electron chi connectivity index (χ2n) is 4.88. The Bertz CT molecular complexity index is 675. The van der Waals surface area contributed by atoms with Gasteiger partial charge in [-0.3, -0.25) is 19.7 Å². The number of rotatable bonds is 1. The molecule has 0 unspecified atom stereocenters. The Kier molecular flexibility index (Phi) is 2.75. The highest BCUT2D eigenvalue weighted by molar-refractivity contribution is 6.05. The minimum atomic E-state index is -0.613. The molecule has 100 valence electrons. The first-order chi connectivity index (χ1) is 9.60. The monoisotopic (exact) mass is 269 g/mol. The van der Waals surface area contributed by atoms with E-state index in [0.29, 0.717) is 24.1 Å². The lowest BCUT2D eigenvalue weighted by atomic mass is 10.0. The van der Waals surface area contributed by atoms with Crippen LogP contribution in [-0.4, -0.2) is 28.7 Å². The summed E-state index contributed by atoms with van der Waals surface area (Å²) in [6, 6.07) is 6.28. The van der Waals surface area contributed by atoms with Crippen molar-refractivity contribution in [2.75, 3.05) is 0 Å². The summed E-state index contributed by atoms with van der Waals surface area (Å²) in [5.74, 6) is -0.955. The van der Waals surface area contributed by atoms with Gasteiger partial charge in [-0.05, 0) is 30.2 Å². The molecule has 0 spiro atoms. The fraction of sp³-hybridized carbons (Fsp3) is 0.286. The number of benzene rings is 1. The molecule has 1 N–H and O–H groups in total. The molecule has 6 heteroatoms. The maximum atomic E-state index is 12.3. The molecule has 2 aliphatic rings. The molecule has 3 rings (SSSR count). The number of amides is 3. The number of carbonyl (C=O) groups excluding carboxylic acids is 3. The molecule has 3 amide bonds. The zero-order valence-electron chi connectivity index (χ0n) is 10.5. The Morgan fingerprint density at radius 1 is 1.30 bits per heavy atom. The third-order valence-electron chi connectivity index (χ3n) is 3.65. The van der Waals surface area contributed by atoms with Crippen LogP contribution in [0.15, 0.2) is 18.2 Å². The number of nitrogens with one attached hydrogen (secondary N) is 1. The highest BCUT2D eigenvalue weighted by Gasteiger charge is 2.38. The van der Waals surface area contributed by atoms with Crippen LogP contribution in [0, 0.1) is 11.3 Å². The molecule has 0 saturated carbocycles. The van der Waals surface area contributed by atoms with Crippen LogP contribution in [0.3, 0.4) is 0 Å². The Hall–Kier alpha value is -2.68. The van der Waals surface area contributed by atoms with E-state index in [4.69, 9.17) is 5.26 Å². The van der Waals surface area contributed by atoms with E-state index in [1.54, 1.807) is 18.2 Å². The fourth-order valence-electron chi connectivity index (χ4n) is 2.64. The third-order valence-corrected chi connectivity index (χ3v) is 3.65. The van der Waals surface area contributed by atoms with Crippen molar-refractivity contribution in [3.63, 3.8) is 0 Å². The normalized spacial score (nSPS) is 21.4. The molecule has 0 radical (unpaired) electrons. The van der Waals surface area contributed by atoms with Gasteiger partial charge in [0.15, 0.2) is 0 Å². The van der Waals surface area contributed by atoms with Crippen molar-refractivity contribution in [3.05, 3.63) is 34.9 Å². The summed E-state index contributed by atoms with van der Waals surface area (Å²) >= 11 is 0. The van der Waals surface area contributed by atoms with Crippen LogP contribution in [0.4, 0.5) is 0 Å². The smallest absolute Gasteiger partial charge is 0.255 e. The van der Waals surface area contributed by atoms with Crippen LogP contribution >= 0.6 is 0 Å². The first-order valence-electron chi connectivity index (χ1n) is 6.28. The molecule has 0 aromatic heterocycles. The predicted octanol–water partition coefficient (Wildman–Crippen LogP) is 0.319. The van der Waals surface area contributed by atoms with Gasteiger partial charge in [0.25, 0.3) is 5.91 Å². The van der Waals surface area contributed by atoms with E-state index < -0.39 is 11.9 Å². The average molecular weight is 269 g/mol. The number of nitriles is 1. The first kappa shape index (κ1) is 12.4. The van der Waals surface area contributed by atoms with E-state index in [9.17, 15) is 14.4 Å². The molecule has 1 fully saturated rings. The maximum absolute atomic E-state index is 12.3. The first-order valence-corrected chi connectivity index (χ1v) is 6.28. The standard InChI is InChI=1S/C14H11N3O3/c15-6-8-1-2-10-9(5-8)7-17(14(10)20)11-3-4-12(18)16-13(11)19/h1-2,5,11H,3-4,7H2,(H,16,18,19)/t11-/m1/s1. The van der Waals surface area contributed by atoms with Gasteiger partial charge in [-0.25, -0.2) is 0 Å². The van der Waals surface area contributed by atoms with Crippen LogP contribution in [0.1, 0.15) is 34.3 Å². The summed E-state index contributed by atoms with van der Waals surface area (Å²) in [4.78, 5) is 36.7. The number of nitrogens with zero attached hydrogens (tertiary/aromatic N) is 2. The highest BCUT2D eigenvalue weighted by atomic mass is 16.2. The molecular formula is C14H11N3O3. The number of piperidine rings is 1. The SMILES string of the molecule is N#Cc1ccc2c(c1)CN([C@@H]1CCC(=O)NC1=O)C2=O. The van der Waals surface area contributed by atoms with Crippen LogP contribution in [0.25, 0.3) is 0 Å². The van der Waals surface area contributed by atoms with Crippen molar-refractivity contribution in [3.8, 4) is 6.07 Å². The summed E-state index contributed by atoms with van der Waals surface area (Å²) in [5.41, 5.74) is 1.76. The van der Waals surface area contributed by atoms with Gasteiger partial charge in [0.05, 0.1) is 11.6 Å². The lowest BCUT2D eigenvalue weighted by Crippen LogP contribution is -2.52. The second kappa shape index (κ2) is 4.46. The topological polar surface area (TPSA) is 90.3 Å². The van der Waals surface area contributed by atoms with Gasteiger partial charge in [0.2, 0.25) is 11.8 Å². The van der Waals surface area contributed by atoms with E-state index in [1.807, 2.05) is 6.07 Å². The van der Waals surface area contributed by atoms with Gasteiger partial charge in [-0.2, -0.15) is 5.26 Å². The Morgan fingerprint density at radius 2 is 2.10 bits per heavy atom. The van der Waals surface area contributed by atoms with Gasteiger partial charge < -0.3 is 4.90 Å². The second-order valence-corrected chi connectivity index (χ2v) is 4.88. The van der Waals surface area contributed by atoms with Crippen LogP contribution in [-0.2, 0) is 16.1 Å². The average Bonchev–Trinajstić information content (AvgIpc) is 2.75. The molecule has 0 aliphatic carbocycles. The van der Waals surface area contributed by atoms with Gasteiger partial charge in [-0.15, -0.1) is 0 Å². The Balaban J connectivity index is 1.88. The molecule has 1 aromatic rings. The quantitative estimate of drug-likeness (QED) is 0.743. The molecule has 0 bridgehead atoms. The van der Waals surface area contributed by atoms with Crippen molar-refractivity contribution < 1.29 is 14.4 Å². The van der Waals surface area contributed by atoms with Crippen LogP contribution < -0.4 is 5.32 Å². The van der Waals surface area contributed by atoms with Crippen molar-refractivity contribution in [1.29, 1.82) is 5.26 Å². The number of fused-ring (bicyclic) bond motifs is 1. The number of hydrogen-bond donors (Lipinski definition) is 1. The van der Waals surface area contributed by atoms with E-state index in [1.165, 1.54) is 4.90 Å². The summed E-state index contributed by atoms with van der Waals surface area (Å²) in [5, 5.41) is 11.1. The fourth-order valence-corrected chi connectivity index (χ4v) is 2.64. The molecule has 2 heterocycles. The Labute approximate surface area is 115 Å². The zero-order valence-corrected chi connectivity index (χ0v) is 10.5. The highest BCUT2D eigenvalue weighted by Crippen LogP contribution is 2.27. The molecule has 6 nitrogen and oxygen atoms in total. The predicted molar refractivity (Wildman–Crippen MR) is 67.2 cm³/mol. The third kappa shape index (κ3) is 1.84. The number of carbonyl (C=O) groups is 3. The summed E-state index contributed by atoms with van der Waals surface area (Å²) < 4.78 is 0. The number of hydrogen-bond acceptors (Lipinski definition) is 4. The minimum absolute atomic E-state index is 0.223. The minimum Gasteiger partial charge on any atom is -0.322 e. The lowest BCUT2D eigenvalue weighted by Gasteiger charge is -2.29. The van der Waals surface area contributed by atoms with Crippen molar-refractivity contribution >= 4 is 17.7 Å². The van der Waals surface area contributed by atoms with Gasteiger partial charge >= 0.3 is 0 Å². The van der Waals surface area contributed by atoms with E-state index >= 15 is 0 Å². The van der Waals surface area contributed by atoms with E-state index in [0.717, 1.165) is 5.56 Å². The van der Waals surface area contributed by atoms with E-state index in [2.05, 4.69) is 5.32 Å².